The molecule has 2 aromatic rings. The quantitative estimate of drug-likeness (QED) is 0.734. The van der Waals surface area contributed by atoms with Crippen LogP contribution in [-0.2, 0) is 6.42 Å². The van der Waals surface area contributed by atoms with Crippen LogP contribution in [0.3, 0.4) is 0 Å². The van der Waals surface area contributed by atoms with E-state index in [-0.39, 0.29) is 0 Å². The highest BCUT2D eigenvalue weighted by Crippen LogP contribution is 2.36. The Morgan fingerprint density at radius 3 is 2.62 bits per heavy atom. The molecule has 0 bridgehead atoms. The first-order chi connectivity index (χ1) is 10.2. The summed E-state index contributed by atoms with van der Waals surface area (Å²) >= 11 is 1.79. The van der Waals surface area contributed by atoms with Crippen molar-refractivity contribution in [3.05, 3.63) is 59.2 Å². The first kappa shape index (κ1) is 14.5. The molecule has 1 aliphatic heterocycles. The predicted molar refractivity (Wildman–Crippen MR) is 93.4 cm³/mol. The van der Waals surface area contributed by atoms with E-state index in [1.165, 1.54) is 33.7 Å². The molecule has 0 radical (unpaired) electrons. The maximum Gasteiger partial charge on any atom is 0.0555 e. The third-order valence-corrected chi connectivity index (χ3v) is 5.33. The van der Waals surface area contributed by atoms with Crippen molar-refractivity contribution in [1.29, 1.82) is 0 Å². The first-order valence-corrected chi connectivity index (χ1v) is 8.97. The number of fused-ring (bicyclic) bond motifs is 1. The SMILES string of the molecule is CCC(C)c1ccc2c(c1)CC(c1ccc(SC)cc1)N2. The number of anilines is 1. The minimum atomic E-state index is 0.420. The number of nitrogens with one attached hydrogen (secondary N) is 1. The summed E-state index contributed by atoms with van der Waals surface area (Å²) < 4.78 is 0. The molecule has 0 aromatic heterocycles. The van der Waals surface area contributed by atoms with Gasteiger partial charge in [0.25, 0.3) is 0 Å². The van der Waals surface area contributed by atoms with Crippen molar-refractivity contribution in [2.24, 2.45) is 0 Å². The number of thioether (sulfide) groups is 1. The van der Waals surface area contributed by atoms with Gasteiger partial charge in [-0.1, -0.05) is 38.1 Å². The van der Waals surface area contributed by atoms with E-state index in [0.29, 0.717) is 12.0 Å². The highest BCUT2D eigenvalue weighted by Gasteiger charge is 2.22. The third kappa shape index (κ3) is 2.96. The highest BCUT2D eigenvalue weighted by atomic mass is 32.2. The molecule has 3 rings (SSSR count). The predicted octanol–water partition coefficient (Wildman–Crippen LogP) is 5.63. The van der Waals surface area contributed by atoms with Crippen LogP contribution in [-0.4, -0.2) is 6.26 Å². The average Bonchev–Trinajstić information content (AvgIpc) is 2.97. The molecule has 1 aliphatic rings. The Labute approximate surface area is 132 Å². The van der Waals surface area contributed by atoms with Gasteiger partial charge in [0.15, 0.2) is 0 Å². The van der Waals surface area contributed by atoms with Crippen LogP contribution >= 0.6 is 11.8 Å². The number of rotatable bonds is 4. The van der Waals surface area contributed by atoms with Crippen molar-refractivity contribution in [1.82, 2.24) is 0 Å². The summed E-state index contributed by atoms with van der Waals surface area (Å²) in [5, 5.41) is 3.67. The lowest BCUT2D eigenvalue weighted by Crippen LogP contribution is -2.05. The summed E-state index contributed by atoms with van der Waals surface area (Å²) in [7, 11) is 0. The molecule has 1 N–H and O–H groups in total. The first-order valence-electron chi connectivity index (χ1n) is 7.74. The van der Waals surface area contributed by atoms with Gasteiger partial charge in [0, 0.05) is 10.6 Å². The second-order valence-electron chi connectivity index (χ2n) is 5.90. The van der Waals surface area contributed by atoms with Gasteiger partial charge in [-0.2, -0.15) is 0 Å². The largest absolute Gasteiger partial charge is 0.378 e. The zero-order chi connectivity index (χ0) is 14.8. The normalized spacial score (nSPS) is 18.1. The highest BCUT2D eigenvalue weighted by molar-refractivity contribution is 7.98. The Morgan fingerprint density at radius 1 is 1.19 bits per heavy atom. The molecule has 1 heterocycles. The Kier molecular flexibility index (Phi) is 4.25. The van der Waals surface area contributed by atoms with E-state index in [1.807, 2.05) is 0 Å². The summed E-state index contributed by atoms with van der Waals surface area (Å²) in [5.41, 5.74) is 5.62. The monoisotopic (exact) mass is 297 g/mol. The zero-order valence-electron chi connectivity index (χ0n) is 13.0. The van der Waals surface area contributed by atoms with Crippen LogP contribution in [0, 0.1) is 0 Å². The molecule has 1 nitrogen and oxygen atoms in total. The fourth-order valence-electron chi connectivity index (χ4n) is 2.96. The van der Waals surface area contributed by atoms with Crippen LogP contribution in [0.5, 0.6) is 0 Å². The summed E-state index contributed by atoms with van der Waals surface area (Å²) in [4.78, 5) is 1.33. The summed E-state index contributed by atoms with van der Waals surface area (Å²) in [6.07, 6.45) is 4.42. The van der Waals surface area contributed by atoms with Crippen LogP contribution < -0.4 is 5.32 Å². The van der Waals surface area contributed by atoms with Crippen LogP contribution in [0.2, 0.25) is 0 Å². The molecule has 110 valence electrons. The Bertz CT molecular complexity index is 618. The lowest BCUT2D eigenvalue weighted by molar-refractivity contribution is 0.732. The van der Waals surface area contributed by atoms with Crippen molar-refractivity contribution in [2.45, 2.75) is 43.5 Å². The van der Waals surface area contributed by atoms with Gasteiger partial charge < -0.3 is 5.32 Å². The fraction of sp³-hybridized carbons (Fsp3) is 0.368. The van der Waals surface area contributed by atoms with Crippen molar-refractivity contribution in [3.8, 4) is 0 Å². The lowest BCUT2D eigenvalue weighted by Gasteiger charge is -2.12. The standard InChI is InChI=1S/C19H23NS/c1-4-13(2)15-7-10-18-16(11-15)12-19(20-18)14-5-8-17(21-3)9-6-14/h5-11,13,19-20H,4,12H2,1-3H3. The maximum atomic E-state index is 3.67. The van der Waals surface area contributed by atoms with Crippen LogP contribution in [0.25, 0.3) is 0 Å². The van der Waals surface area contributed by atoms with Crippen LogP contribution in [0.15, 0.2) is 47.4 Å². The van der Waals surface area contributed by atoms with Gasteiger partial charge in [-0.25, -0.2) is 0 Å². The molecular weight excluding hydrogens is 274 g/mol. The number of benzene rings is 2. The van der Waals surface area contributed by atoms with Crippen LogP contribution in [0.1, 0.15) is 48.9 Å². The number of hydrogen-bond acceptors (Lipinski definition) is 2. The topological polar surface area (TPSA) is 12.0 Å². The lowest BCUT2D eigenvalue weighted by atomic mass is 9.95. The minimum absolute atomic E-state index is 0.420. The molecule has 2 atom stereocenters. The Balaban J connectivity index is 1.80. The molecule has 2 heteroatoms. The van der Waals surface area contributed by atoms with E-state index in [0.717, 1.165) is 6.42 Å². The summed E-state index contributed by atoms with van der Waals surface area (Å²) in [6.45, 7) is 4.56. The Hall–Kier alpha value is -1.41. The average molecular weight is 297 g/mol. The molecule has 0 saturated carbocycles. The maximum absolute atomic E-state index is 3.67. The van der Waals surface area contributed by atoms with Gasteiger partial charge in [-0.3, -0.25) is 0 Å². The molecule has 2 aromatic carbocycles. The van der Waals surface area contributed by atoms with Gasteiger partial charge in [-0.05, 0) is 59.9 Å². The molecule has 0 aliphatic carbocycles. The van der Waals surface area contributed by atoms with Crippen molar-refractivity contribution >= 4 is 17.4 Å². The third-order valence-electron chi connectivity index (χ3n) is 4.58. The van der Waals surface area contributed by atoms with E-state index in [1.54, 1.807) is 11.8 Å². The van der Waals surface area contributed by atoms with Gasteiger partial charge in [0.2, 0.25) is 0 Å². The molecule has 0 saturated heterocycles. The Morgan fingerprint density at radius 2 is 1.95 bits per heavy atom. The number of hydrogen-bond donors (Lipinski definition) is 1. The molecule has 21 heavy (non-hydrogen) atoms. The van der Waals surface area contributed by atoms with Crippen molar-refractivity contribution in [2.75, 3.05) is 11.6 Å². The molecule has 2 unspecified atom stereocenters. The van der Waals surface area contributed by atoms with Gasteiger partial charge >= 0.3 is 0 Å². The van der Waals surface area contributed by atoms with Gasteiger partial charge in [0.05, 0.1) is 6.04 Å². The van der Waals surface area contributed by atoms with Gasteiger partial charge in [0.1, 0.15) is 0 Å². The van der Waals surface area contributed by atoms with E-state index < -0.39 is 0 Å². The summed E-state index contributed by atoms with van der Waals surface area (Å²) in [5.74, 6) is 0.648. The molecule has 0 amide bonds. The fourth-order valence-corrected chi connectivity index (χ4v) is 3.37. The van der Waals surface area contributed by atoms with E-state index >= 15 is 0 Å². The molecule has 0 spiro atoms. The smallest absolute Gasteiger partial charge is 0.0555 e. The van der Waals surface area contributed by atoms with E-state index in [4.69, 9.17) is 0 Å². The zero-order valence-corrected chi connectivity index (χ0v) is 13.8. The van der Waals surface area contributed by atoms with E-state index in [2.05, 4.69) is 67.9 Å². The van der Waals surface area contributed by atoms with Crippen molar-refractivity contribution in [3.63, 3.8) is 0 Å². The molecule has 0 fully saturated rings. The van der Waals surface area contributed by atoms with Crippen molar-refractivity contribution < 1.29 is 0 Å². The van der Waals surface area contributed by atoms with E-state index in [9.17, 15) is 0 Å². The molecular formula is C19H23NS. The summed E-state index contributed by atoms with van der Waals surface area (Å²) in [6, 6.07) is 16.3. The second kappa shape index (κ2) is 6.15. The van der Waals surface area contributed by atoms with Crippen LogP contribution in [0.4, 0.5) is 5.69 Å². The minimum Gasteiger partial charge on any atom is -0.378 e. The second-order valence-corrected chi connectivity index (χ2v) is 6.78. The van der Waals surface area contributed by atoms with Gasteiger partial charge in [-0.15, -0.1) is 11.8 Å².